The highest BCUT2D eigenvalue weighted by atomic mass is 127. The smallest absolute Gasteiger partial charge is 0.194 e. The summed E-state index contributed by atoms with van der Waals surface area (Å²) in [7, 11) is -2.83. The Labute approximate surface area is 184 Å². The molecule has 5 nitrogen and oxygen atoms in total. The first-order chi connectivity index (χ1) is 12.5. The molecule has 8 heteroatoms. The number of guanidine groups is 1. The van der Waals surface area contributed by atoms with E-state index in [1.54, 1.807) is 11.3 Å². The number of rotatable bonds is 5. The summed E-state index contributed by atoms with van der Waals surface area (Å²) in [4.78, 5) is 8.59. The summed E-state index contributed by atoms with van der Waals surface area (Å²) in [5.74, 6) is 3.51. The van der Waals surface area contributed by atoms with Crippen LogP contribution in [0.15, 0.2) is 22.5 Å². The molecule has 2 saturated heterocycles. The van der Waals surface area contributed by atoms with Gasteiger partial charge in [0.2, 0.25) is 0 Å². The van der Waals surface area contributed by atoms with Gasteiger partial charge in [-0.25, -0.2) is 8.42 Å². The molecule has 4 rings (SSSR count). The molecule has 3 heterocycles. The molecule has 3 atom stereocenters. The van der Waals surface area contributed by atoms with Crippen molar-refractivity contribution in [2.24, 2.45) is 22.7 Å². The van der Waals surface area contributed by atoms with Gasteiger partial charge in [-0.05, 0) is 61.8 Å². The van der Waals surface area contributed by atoms with E-state index < -0.39 is 9.84 Å². The van der Waals surface area contributed by atoms with Crippen LogP contribution in [0.4, 0.5) is 0 Å². The Hall–Kier alpha value is -0.350. The second kappa shape index (κ2) is 8.98. The number of hydrogen-bond donors (Lipinski definition) is 1. The minimum atomic E-state index is -2.83. The lowest BCUT2D eigenvalue weighted by Crippen LogP contribution is -2.41. The van der Waals surface area contributed by atoms with Gasteiger partial charge in [0.15, 0.2) is 15.8 Å². The lowest BCUT2D eigenvalue weighted by Gasteiger charge is -2.25. The zero-order valence-corrected chi connectivity index (χ0v) is 19.8. The van der Waals surface area contributed by atoms with Crippen molar-refractivity contribution < 1.29 is 8.42 Å². The number of sulfone groups is 1. The molecule has 27 heavy (non-hydrogen) atoms. The number of hydrogen-bond acceptors (Lipinski definition) is 4. The van der Waals surface area contributed by atoms with Crippen molar-refractivity contribution in [3.63, 3.8) is 0 Å². The van der Waals surface area contributed by atoms with E-state index in [1.165, 1.54) is 24.1 Å². The SMILES string of the molecule is CC(NC(=NCC1CCS(=O)(=O)C1)N1CCC(C2CC2)C1)c1cccs1.I. The highest BCUT2D eigenvalue weighted by Gasteiger charge is 2.37. The van der Waals surface area contributed by atoms with Gasteiger partial charge in [0.05, 0.1) is 17.5 Å². The Balaban J connectivity index is 0.00000210. The molecule has 0 spiro atoms. The summed E-state index contributed by atoms with van der Waals surface area (Å²) < 4.78 is 23.5. The number of nitrogens with zero attached hydrogens (tertiary/aromatic N) is 2. The molecule has 0 amide bonds. The van der Waals surface area contributed by atoms with E-state index in [0.717, 1.165) is 37.3 Å². The molecular formula is C19H30IN3O2S2. The van der Waals surface area contributed by atoms with Gasteiger partial charge >= 0.3 is 0 Å². The summed E-state index contributed by atoms with van der Waals surface area (Å²) in [6.45, 7) is 4.95. The summed E-state index contributed by atoms with van der Waals surface area (Å²) in [5.41, 5.74) is 0. The first-order valence-corrected chi connectivity index (χ1v) is 12.5. The van der Waals surface area contributed by atoms with Gasteiger partial charge in [-0.2, -0.15) is 0 Å². The standard InChI is InChI=1S/C19H29N3O2S2.HI/c1-14(18-3-2-9-25-18)21-19(20-11-15-7-10-26(23,24)13-15)22-8-6-17(12-22)16-4-5-16;/h2-3,9,14-17H,4-8,10-13H2,1H3,(H,20,21);1H. The average molecular weight is 524 g/mol. The molecule has 3 aliphatic rings. The predicted molar refractivity (Wildman–Crippen MR) is 123 cm³/mol. The number of thiophene rings is 1. The molecule has 0 radical (unpaired) electrons. The first-order valence-electron chi connectivity index (χ1n) is 9.80. The fourth-order valence-electron chi connectivity index (χ4n) is 4.20. The topological polar surface area (TPSA) is 61.8 Å². The molecule has 3 fully saturated rings. The summed E-state index contributed by atoms with van der Waals surface area (Å²) in [6, 6.07) is 4.46. The van der Waals surface area contributed by atoms with E-state index in [1.807, 2.05) is 0 Å². The van der Waals surface area contributed by atoms with Crippen LogP contribution in [0.25, 0.3) is 0 Å². The predicted octanol–water partition coefficient (Wildman–Crippen LogP) is 3.54. The van der Waals surface area contributed by atoms with Gasteiger partial charge < -0.3 is 10.2 Å². The Kier molecular flexibility index (Phi) is 7.11. The van der Waals surface area contributed by atoms with Crippen molar-refractivity contribution in [1.82, 2.24) is 10.2 Å². The lowest BCUT2D eigenvalue weighted by atomic mass is 10.0. The van der Waals surface area contributed by atoms with Crippen LogP contribution in [0.1, 0.15) is 43.5 Å². The summed E-state index contributed by atoms with van der Waals surface area (Å²) in [5, 5.41) is 5.73. The van der Waals surface area contributed by atoms with Crippen LogP contribution in [0.2, 0.25) is 0 Å². The van der Waals surface area contributed by atoms with Crippen molar-refractivity contribution in [3.8, 4) is 0 Å². The molecule has 3 unspecified atom stereocenters. The Morgan fingerprint density at radius 3 is 2.78 bits per heavy atom. The minimum Gasteiger partial charge on any atom is -0.349 e. The monoisotopic (exact) mass is 523 g/mol. The van der Waals surface area contributed by atoms with Gasteiger partial charge in [-0.1, -0.05) is 6.07 Å². The van der Waals surface area contributed by atoms with Gasteiger partial charge in [0.1, 0.15) is 0 Å². The van der Waals surface area contributed by atoms with Gasteiger partial charge in [-0.3, -0.25) is 4.99 Å². The van der Waals surface area contributed by atoms with E-state index in [0.29, 0.717) is 18.1 Å². The molecular weight excluding hydrogens is 493 g/mol. The van der Waals surface area contributed by atoms with Crippen molar-refractivity contribution in [3.05, 3.63) is 22.4 Å². The zero-order chi connectivity index (χ0) is 18.1. The largest absolute Gasteiger partial charge is 0.349 e. The van der Waals surface area contributed by atoms with Gasteiger partial charge in [-0.15, -0.1) is 35.3 Å². The number of aliphatic imine (C=N–C) groups is 1. The van der Waals surface area contributed by atoms with Crippen LogP contribution in [0.3, 0.4) is 0 Å². The van der Waals surface area contributed by atoms with Crippen molar-refractivity contribution >= 4 is 51.1 Å². The Morgan fingerprint density at radius 1 is 1.33 bits per heavy atom. The first kappa shape index (κ1) is 21.4. The maximum absolute atomic E-state index is 11.7. The third-order valence-electron chi connectivity index (χ3n) is 5.95. The normalized spacial score (nSPS) is 28.8. The molecule has 1 aliphatic carbocycles. The molecule has 152 valence electrons. The van der Waals surface area contributed by atoms with Crippen LogP contribution in [-0.4, -0.2) is 50.4 Å². The minimum absolute atomic E-state index is 0. The number of nitrogens with one attached hydrogen (secondary N) is 1. The van der Waals surface area contributed by atoms with E-state index in [9.17, 15) is 8.42 Å². The Bertz CT molecular complexity index is 747. The third kappa shape index (κ3) is 5.59. The average Bonchev–Trinajstić information content (AvgIpc) is 3.04. The van der Waals surface area contributed by atoms with Gasteiger partial charge in [0.25, 0.3) is 0 Å². The quantitative estimate of drug-likeness (QED) is 0.365. The van der Waals surface area contributed by atoms with Crippen molar-refractivity contribution in [1.29, 1.82) is 0 Å². The second-order valence-electron chi connectivity index (χ2n) is 8.15. The molecule has 1 N–H and O–H groups in total. The maximum atomic E-state index is 11.7. The fourth-order valence-corrected chi connectivity index (χ4v) is 6.79. The van der Waals surface area contributed by atoms with E-state index >= 15 is 0 Å². The molecule has 2 aliphatic heterocycles. The molecule has 0 bridgehead atoms. The van der Waals surface area contributed by atoms with Crippen LogP contribution in [0.5, 0.6) is 0 Å². The summed E-state index contributed by atoms with van der Waals surface area (Å²) >= 11 is 1.76. The van der Waals surface area contributed by atoms with Crippen LogP contribution in [0, 0.1) is 17.8 Å². The van der Waals surface area contributed by atoms with Crippen molar-refractivity contribution in [2.45, 2.75) is 38.6 Å². The molecule has 0 aromatic carbocycles. The fraction of sp³-hybridized carbons (Fsp3) is 0.737. The van der Waals surface area contributed by atoms with Crippen LogP contribution >= 0.6 is 35.3 Å². The van der Waals surface area contributed by atoms with Crippen LogP contribution < -0.4 is 5.32 Å². The summed E-state index contributed by atoms with van der Waals surface area (Å²) in [6.07, 6.45) is 4.80. The molecule has 1 aromatic heterocycles. The zero-order valence-electron chi connectivity index (χ0n) is 15.8. The second-order valence-corrected chi connectivity index (χ2v) is 11.4. The van der Waals surface area contributed by atoms with E-state index in [2.05, 4.69) is 34.7 Å². The molecule has 1 saturated carbocycles. The molecule has 1 aromatic rings. The third-order valence-corrected chi connectivity index (χ3v) is 8.85. The highest BCUT2D eigenvalue weighted by Crippen LogP contribution is 2.41. The lowest BCUT2D eigenvalue weighted by molar-refractivity contribution is 0.428. The number of likely N-dealkylation sites (tertiary alicyclic amines) is 1. The van der Waals surface area contributed by atoms with Crippen molar-refractivity contribution in [2.75, 3.05) is 31.1 Å². The maximum Gasteiger partial charge on any atom is 0.194 e. The Morgan fingerprint density at radius 2 is 2.15 bits per heavy atom. The van der Waals surface area contributed by atoms with E-state index in [4.69, 9.17) is 4.99 Å². The highest BCUT2D eigenvalue weighted by molar-refractivity contribution is 14.0. The van der Waals surface area contributed by atoms with Crippen LogP contribution in [-0.2, 0) is 9.84 Å². The number of halogens is 1. The van der Waals surface area contributed by atoms with E-state index in [-0.39, 0.29) is 35.9 Å². The van der Waals surface area contributed by atoms with Gasteiger partial charge in [0, 0.05) is 24.5 Å².